The molecule has 1 amide bonds. The van der Waals surface area contributed by atoms with Gasteiger partial charge in [0.15, 0.2) is 0 Å². The number of ether oxygens (including phenoxy) is 1. The maximum atomic E-state index is 11.8. The maximum Gasteiger partial charge on any atom is 0.226 e. The van der Waals surface area contributed by atoms with Crippen LogP contribution in [0.5, 0.6) is 5.75 Å². The number of amides is 1. The first-order valence-electron chi connectivity index (χ1n) is 7.49. The van der Waals surface area contributed by atoms with Gasteiger partial charge in [-0.2, -0.15) is 0 Å². The number of hydrogen-bond donors (Lipinski definition) is 1. The molecule has 0 radical (unpaired) electrons. The summed E-state index contributed by atoms with van der Waals surface area (Å²) in [4.78, 5) is 11.8. The third-order valence-corrected chi connectivity index (χ3v) is 3.97. The third-order valence-electron chi connectivity index (χ3n) is 3.08. The van der Waals surface area contributed by atoms with Gasteiger partial charge >= 0.3 is 0 Å². The zero-order valence-corrected chi connectivity index (χ0v) is 13.8. The molecule has 1 heterocycles. The Morgan fingerprint density at radius 3 is 2.91 bits per heavy atom. The van der Waals surface area contributed by atoms with Crippen molar-refractivity contribution in [1.82, 2.24) is 10.2 Å². The van der Waals surface area contributed by atoms with Crippen molar-refractivity contribution in [3.63, 3.8) is 0 Å². The monoisotopic (exact) mass is 319 g/mol. The number of nitrogens with one attached hydrogen (secondary N) is 1. The molecule has 2 rings (SSSR count). The molecule has 0 saturated carbocycles. The van der Waals surface area contributed by atoms with E-state index in [1.165, 1.54) is 11.3 Å². The molecule has 5 nitrogen and oxygen atoms in total. The average molecular weight is 319 g/mol. The first-order chi connectivity index (χ1) is 10.7. The van der Waals surface area contributed by atoms with Crippen LogP contribution in [0.2, 0.25) is 0 Å². The van der Waals surface area contributed by atoms with E-state index in [0.29, 0.717) is 24.6 Å². The van der Waals surface area contributed by atoms with Crippen molar-refractivity contribution in [2.75, 3.05) is 11.9 Å². The van der Waals surface area contributed by atoms with E-state index in [-0.39, 0.29) is 5.91 Å². The highest BCUT2D eigenvalue weighted by Crippen LogP contribution is 2.18. The predicted molar refractivity (Wildman–Crippen MR) is 88.4 cm³/mol. The summed E-state index contributed by atoms with van der Waals surface area (Å²) in [5.74, 6) is 0.823. The Labute approximate surface area is 134 Å². The number of carbonyl (C=O) groups excluding carboxylic acids is 1. The average Bonchev–Trinajstić information content (AvgIpc) is 2.93. The molecule has 1 aromatic heterocycles. The Morgan fingerprint density at radius 1 is 1.32 bits per heavy atom. The molecule has 0 unspecified atom stereocenters. The summed E-state index contributed by atoms with van der Waals surface area (Å²) < 4.78 is 5.67. The molecule has 0 bridgehead atoms. The first-order valence-corrected chi connectivity index (χ1v) is 8.31. The molecule has 0 fully saturated rings. The van der Waals surface area contributed by atoms with E-state index in [1.54, 1.807) is 0 Å². The van der Waals surface area contributed by atoms with Crippen LogP contribution in [0.1, 0.15) is 36.8 Å². The van der Waals surface area contributed by atoms with Gasteiger partial charge in [-0.05, 0) is 31.4 Å². The minimum atomic E-state index is -0.0485. The number of hydrogen-bond acceptors (Lipinski definition) is 5. The van der Waals surface area contributed by atoms with Crippen LogP contribution in [0.3, 0.4) is 0 Å². The van der Waals surface area contributed by atoms with Gasteiger partial charge in [-0.15, -0.1) is 10.2 Å². The Kier molecular flexibility index (Phi) is 6.33. The molecular weight excluding hydrogens is 298 g/mol. The molecule has 1 N–H and O–H groups in total. The fraction of sp³-hybridized carbons (Fsp3) is 0.438. The Bertz CT molecular complexity index is 613. The van der Waals surface area contributed by atoms with E-state index in [4.69, 9.17) is 4.74 Å². The topological polar surface area (TPSA) is 64.1 Å². The highest BCUT2D eigenvalue weighted by molar-refractivity contribution is 7.15. The van der Waals surface area contributed by atoms with Crippen LogP contribution in [0, 0.1) is 6.92 Å². The van der Waals surface area contributed by atoms with Gasteiger partial charge in [0.2, 0.25) is 11.0 Å². The molecular formula is C16H21N3O2S. The van der Waals surface area contributed by atoms with Crippen molar-refractivity contribution >= 4 is 22.4 Å². The molecule has 0 aliphatic heterocycles. The summed E-state index contributed by atoms with van der Waals surface area (Å²) in [6.45, 7) is 4.62. The molecule has 0 aliphatic rings. The Balaban J connectivity index is 1.68. The largest absolute Gasteiger partial charge is 0.493 e. The SMILES string of the molecule is CCCc1nnc(NC(=O)CCCOc2ccccc2C)s1. The van der Waals surface area contributed by atoms with Gasteiger partial charge in [0.1, 0.15) is 10.8 Å². The van der Waals surface area contributed by atoms with E-state index in [9.17, 15) is 4.79 Å². The highest BCUT2D eigenvalue weighted by Gasteiger charge is 2.08. The normalized spacial score (nSPS) is 10.5. The summed E-state index contributed by atoms with van der Waals surface area (Å²) in [6, 6.07) is 7.86. The van der Waals surface area contributed by atoms with E-state index in [1.807, 2.05) is 31.2 Å². The number of rotatable bonds is 8. The molecule has 1 aromatic carbocycles. The number of aryl methyl sites for hydroxylation is 2. The number of benzene rings is 1. The van der Waals surface area contributed by atoms with Gasteiger partial charge in [-0.3, -0.25) is 4.79 Å². The number of anilines is 1. The van der Waals surface area contributed by atoms with E-state index < -0.39 is 0 Å². The minimum Gasteiger partial charge on any atom is -0.493 e. The fourth-order valence-corrected chi connectivity index (χ4v) is 2.79. The van der Waals surface area contributed by atoms with Gasteiger partial charge in [-0.25, -0.2) is 0 Å². The first kappa shape index (κ1) is 16.4. The molecule has 0 atom stereocenters. The van der Waals surface area contributed by atoms with Crippen LogP contribution in [-0.2, 0) is 11.2 Å². The van der Waals surface area contributed by atoms with Crippen molar-refractivity contribution in [1.29, 1.82) is 0 Å². The van der Waals surface area contributed by atoms with Gasteiger partial charge in [0.05, 0.1) is 6.61 Å². The molecule has 22 heavy (non-hydrogen) atoms. The molecule has 118 valence electrons. The second-order valence-electron chi connectivity index (χ2n) is 5.02. The third kappa shape index (κ3) is 5.11. The summed E-state index contributed by atoms with van der Waals surface area (Å²) in [5, 5.41) is 12.3. The van der Waals surface area contributed by atoms with Crippen molar-refractivity contribution in [3.05, 3.63) is 34.8 Å². The maximum absolute atomic E-state index is 11.8. The minimum absolute atomic E-state index is 0.0485. The predicted octanol–water partition coefficient (Wildman–Crippen LogP) is 3.60. The summed E-state index contributed by atoms with van der Waals surface area (Å²) >= 11 is 1.44. The van der Waals surface area contributed by atoms with Crippen molar-refractivity contribution < 1.29 is 9.53 Å². The smallest absolute Gasteiger partial charge is 0.226 e. The van der Waals surface area contributed by atoms with Gasteiger partial charge < -0.3 is 10.1 Å². The van der Waals surface area contributed by atoms with Crippen LogP contribution in [0.15, 0.2) is 24.3 Å². The van der Waals surface area contributed by atoms with Crippen LogP contribution in [-0.4, -0.2) is 22.7 Å². The van der Waals surface area contributed by atoms with E-state index in [0.717, 1.165) is 29.2 Å². The lowest BCUT2D eigenvalue weighted by Gasteiger charge is -2.08. The van der Waals surface area contributed by atoms with Crippen molar-refractivity contribution in [2.24, 2.45) is 0 Å². The van der Waals surface area contributed by atoms with E-state index in [2.05, 4.69) is 22.4 Å². The van der Waals surface area contributed by atoms with Gasteiger partial charge in [0, 0.05) is 12.8 Å². The van der Waals surface area contributed by atoms with Gasteiger partial charge in [0.25, 0.3) is 0 Å². The second kappa shape index (κ2) is 8.48. The molecule has 6 heteroatoms. The fourth-order valence-electron chi connectivity index (χ4n) is 1.93. The molecule has 0 aliphatic carbocycles. The summed E-state index contributed by atoms with van der Waals surface area (Å²) in [7, 11) is 0. The van der Waals surface area contributed by atoms with Crippen LogP contribution >= 0.6 is 11.3 Å². The molecule has 2 aromatic rings. The highest BCUT2D eigenvalue weighted by atomic mass is 32.1. The lowest BCUT2D eigenvalue weighted by atomic mass is 10.2. The zero-order chi connectivity index (χ0) is 15.8. The molecule has 0 spiro atoms. The molecule has 0 saturated heterocycles. The summed E-state index contributed by atoms with van der Waals surface area (Å²) in [5.41, 5.74) is 1.10. The lowest BCUT2D eigenvalue weighted by molar-refractivity contribution is -0.116. The van der Waals surface area contributed by atoms with Crippen molar-refractivity contribution in [2.45, 2.75) is 39.5 Å². The van der Waals surface area contributed by atoms with Crippen LogP contribution < -0.4 is 10.1 Å². The van der Waals surface area contributed by atoms with E-state index >= 15 is 0 Å². The number of aromatic nitrogens is 2. The Hall–Kier alpha value is -1.95. The Morgan fingerprint density at radius 2 is 2.14 bits per heavy atom. The standard InChI is InChI=1S/C16H21N3O2S/c1-3-7-15-18-19-16(22-15)17-14(20)10-6-11-21-13-9-5-4-8-12(13)2/h4-5,8-9H,3,6-7,10-11H2,1-2H3,(H,17,19,20). The quantitative estimate of drug-likeness (QED) is 0.755. The lowest BCUT2D eigenvalue weighted by Crippen LogP contribution is -2.12. The number of para-hydroxylation sites is 1. The second-order valence-corrected chi connectivity index (χ2v) is 6.08. The van der Waals surface area contributed by atoms with Gasteiger partial charge in [-0.1, -0.05) is 36.5 Å². The number of carbonyl (C=O) groups is 1. The van der Waals surface area contributed by atoms with Crippen LogP contribution in [0.25, 0.3) is 0 Å². The number of nitrogens with zero attached hydrogens (tertiary/aromatic N) is 2. The van der Waals surface area contributed by atoms with Crippen LogP contribution in [0.4, 0.5) is 5.13 Å². The summed E-state index contributed by atoms with van der Waals surface area (Å²) in [6.07, 6.45) is 3.01. The van der Waals surface area contributed by atoms with Crippen molar-refractivity contribution in [3.8, 4) is 5.75 Å². The zero-order valence-electron chi connectivity index (χ0n) is 13.0.